The molecule has 0 unspecified atom stereocenters. The molecule has 1 aliphatic rings. The number of thiazole rings is 1. The van der Waals surface area contributed by atoms with E-state index in [-0.39, 0.29) is 22.5 Å². The van der Waals surface area contributed by atoms with E-state index >= 15 is 0 Å². The molecule has 3 heterocycles. The van der Waals surface area contributed by atoms with Crippen molar-refractivity contribution in [3.63, 3.8) is 0 Å². The summed E-state index contributed by atoms with van der Waals surface area (Å²) in [7, 11) is -3.75. The van der Waals surface area contributed by atoms with Crippen molar-refractivity contribution in [3.8, 4) is 11.3 Å². The monoisotopic (exact) mass is 538 g/mol. The van der Waals surface area contributed by atoms with Gasteiger partial charge in [-0.3, -0.25) is 9.52 Å². The highest BCUT2D eigenvalue weighted by atomic mass is 32.2. The van der Waals surface area contributed by atoms with Crippen LogP contribution < -0.4 is 14.9 Å². The number of nitrogens with one attached hydrogen (secondary N) is 2. The van der Waals surface area contributed by atoms with E-state index in [0.717, 1.165) is 11.4 Å². The number of benzene rings is 2. The van der Waals surface area contributed by atoms with Crippen LogP contribution in [-0.2, 0) is 14.8 Å². The van der Waals surface area contributed by atoms with Crippen LogP contribution in [0.1, 0.15) is 12.8 Å². The molecule has 2 aromatic heterocycles. The number of amides is 1. The number of hydrogen-bond donors (Lipinski definition) is 2. The predicted octanol–water partition coefficient (Wildman–Crippen LogP) is 4.40. The molecule has 0 atom stereocenters. The van der Waals surface area contributed by atoms with Gasteiger partial charge in [0, 0.05) is 41.8 Å². The Hall–Kier alpha value is -3.90. The fraction of sp³-hybridized carbons (Fsp3) is 0.200. The van der Waals surface area contributed by atoms with Gasteiger partial charge in [0.1, 0.15) is 5.82 Å². The molecule has 0 spiro atoms. The van der Waals surface area contributed by atoms with Crippen LogP contribution in [0, 0.1) is 11.7 Å². The third-order valence-corrected chi connectivity index (χ3v) is 8.24. The smallest absolute Gasteiger partial charge is 0.263 e. The number of carbonyl (C=O) groups excluding carboxylic acids is 1. The first-order valence-electron chi connectivity index (χ1n) is 11.6. The van der Waals surface area contributed by atoms with Crippen molar-refractivity contribution in [2.24, 2.45) is 5.92 Å². The third-order valence-electron chi connectivity index (χ3n) is 6.07. The van der Waals surface area contributed by atoms with Crippen molar-refractivity contribution in [3.05, 3.63) is 78.1 Å². The second-order valence-corrected chi connectivity index (χ2v) is 11.1. The number of nitrogens with zero attached hydrogens (tertiary/aromatic N) is 4. The molecular weight excluding hydrogens is 515 g/mol. The minimum Gasteiger partial charge on any atom is -0.355 e. The average Bonchev–Trinajstić information content (AvgIpc) is 3.42. The van der Waals surface area contributed by atoms with Crippen molar-refractivity contribution in [1.82, 2.24) is 15.2 Å². The number of sulfonamides is 1. The lowest BCUT2D eigenvalue weighted by Crippen LogP contribution is -2.38. The minimum absolute atomic E-state index is 0.0839. The van der Waals surface area contributed by atoms with Gasteiger partial charge in [0.05, 0.1) is 10.6 Å². The van der Waals surface area contributed by atoms with E-state index in [2.05, 4.69) is 30.1 Å². The lowest BCUT2D eigenvalue weighted by molar-refractivity contribution is -0.120. The van der Waals surface area contributed by atoms with Gasteiger partial charge in [-0.25, -0.2) is 17.8 Å². The van der Waals surface area contributed by atoms with E-state index in [1.165, 1.54) is 41.8 Å². The zero-order valence-corrected chi connectivity index (χ0v) is 21.2. The van der Waals surface area contributed by atoms with Crippen LogP contribution in [0.5, 0.6) is 0 Å². The number of piperidine rings is 1. The molecular formula is C25H23FN6O3S2. The Bertz CT molecular complexity index is 1450. The molecule has 1 saturated heterocycles. The maximum Gasteiger partial charge on any atom is 0.263 e. The Balaban J connectivity index is 1.14. The Morgan fingerprint density at radius 2 is 1.70 bits per heavy atom. The molecule has 0 bridgehead atoms. The number of rotatable bonds is 7. The number of aromatic nitrogens is 3. The van der Waals surface area contributed by atoms with Crippen molar-refractivity contribution in [1.29, 1.82) is 0 Å². The molecule has 5 rings (SSSR count). The molecule has 190 valence electrons. The third kappa shape index (κ3) is 5.92. The molecule has 2 aromatic carbocycles. The van der Waals surface area contributed by atoms with Gasteiger partial charge < -0.3 is 10.2 Å². The van der Waals surface area contributed by atoms with E-state index in [4.69, 9.17) is 0 Å². The van der Waals surface area contributed by atoms with Crippen LogP contribution in [0.2, 0.25) is 0 Å². The van der Waals surface area contributed by atoms with Crippen LogP contribution in [0.15, 0.2) is 77.1 Å². The molecule has 0 saturated carbocycles. The zero-order valence-electron chi connectivity index (χ0n) is 19.5. The van der Waals surface area contributed by atoms with Crippen molar-refractivity contribution in [2.45, 2.75) is 17.7 Å². The molecule has 1 amide bonds. The standard InChI is InChI=1S/C25H23FN6O3S2/c26-19-3-1-17(2-4-19)22-9-10-23(30-29-22)32-14-11-18(12-15-32)24(33)28-20-5-7-21(8-6-20)37(34,35)31-25-27-13-16-36-25/h1-10,13,16,18H,11-12,14-15H2,(H,27,31)(H,28,33). The lowest BCUT2D eigenvalue weighted by Gasteiger charge is -2.31. The molecule has 0 radical (unpaired) electrons. The summed E-state index contributed by atoms with van der Waals surface area (Å²) >= 11 is 1.19. The normalized spacial score (nSPS) is 14.4. The summed E-state index contributed by atoms with van der Waals surface area (Å²) in [4.78, 5) is 18.9. The van der Waals surface area contributed by atoms with E-state index in [1.54, 1.807) is 29.6 Å². The summed E-state index contributed by atoms with van der Waals surface area (Å²) in [6.45, 7) is 1.31. The number of halogens is 1. The lowest BCUT2D eigenvalue weighted by atomic mass is 9.96. The highest BCUT2D eigenvalue weighted by molar-refractivity contribution is 7.93. The summed E-state index contributed by atoms with van der Waals surface area (Å²) in [5.74, 6) is 0.157. The van der Waals surface area contributed by atoms with Gasteiger partial charge in [-0.05, 0) is 73.5 Å². The fourth-order valence-corrected chi connectivity index (χ4v) is 5.84. The van der Waals surface area contributed by atoms with Crippen LogP contribution in [0.25, 0.3) is 11.3 Å². The summed E-state index contributed by atoms with van der Waals surface area (Å²) in [6, 6.07) is 15.9. The molecule has 2 N–H and O–H groups in total. The van der Waals surface area contributed by atoms with Crippen LogP contribution in [-0.4, -0.2) is 42.6 Å². The second-order valence-electron chi connectivity index (χ2n) is 8.50. The predicted molar refractivity (Wildman–Crippen MR) is 140 cm³/mol. The second kappa shape index (κ2) is 10.6. The number of carbonyl (C=O) groups is 1. The fourth-order valence-electron chi connectivity index (χ4n) is 4.05. The van der Waals surface area contributed by atoms with Crippen molar-refractivity contribution < 1.29 is 17.6 Å². The highest BCUT2D eigenvalue weighted by Gasteiger charge is 2.26. The molecule has 1 fully saturated rings. The van der Waals surface area contributed by atoms with Gasteiger partial charge in [-0.15, -0.1) is 21.5 Å². The Morgan fingerprint density at radius 3 is 2.32 bits per heavy atom. The van der Waals surface area contributed by atoms with E-state index < -0.39 is 10.0 Å². The molecule has 12 heteroatoms. The van der Waals surface area contributed by atoms with E-state index in [0.29, 0.717) is 42.4 Å². The minimum atomic E-state index is -3.75. The topological polar surface area (TPSA) is 117 Å². The van der Waals surface area contributed by atoms with Gasteiger partial charge in [-0.2, -0.15) is 0 Å². The molecule has 0 aliphatic carbocycles. The number of hydrogen-bond acceptors (Lipinski definition) is 8. The van der Waals surface area contributed by atoms with Crippen LogP contribution in [0.3, 0.4) is 0 Å². The van der Waals surface area contributed by atoms with Crippen molar-refractivity contribution in [2.75, 3.05) is 28.0 Å². The van der Waals surface area contributed by atoms with E-state index in [9.17, 15) is 17.6 Å². The Kier molecular flexibility index (Phi) is 7.10. The number of anilines is 3. The van der Waals surface area contributed by atoms with Gasteiger partial charge >= 0.3 is 0 Å². The molecule has 9 nitrogen and oxygen atoms in total. The maximum atomic E-state index is 13.1. The van der Waals surface area contributed by atoms with Crippen LogP contribution in [0.4, 0.5) is 21.0 Å². The van der Waals surface area contributed by atoms with Gasteiger partial charge in [-0.1, -0.05) is 0 Å². The average molecular weight is 539 g/mol. The summed E-state index contributed by atoms with van der Waals surface area (Å²) in [6.07, 6.45) is 2.82. The summed E-state index contributed by atoms with van der Waals surface area (Å²) < 4.78 is 40.5. The Morgan fingerprint density at radius 1 is 0.973 bits per heavy atom. The first-order valence-corrected chi connectivity index (χ1v) is 13.9. The molecule has 1 aliphatic heterocycles. The SMILES string of the molecule is O=C(Nc1ccc(S(=O)(=O)Nc2nccs2)cc1)C1CCN(c2ccc(-c3ccc(F)cc3)nn2)CC1. The van der Waals surface area contributed by atoms with Gasteiger partial charge in [0.15, 0.2) is 10.9 Å². The van der Waals surface area contributed by atoms with E-state index in [1.807, 2.05) is 12.1 Å². The largest absolute Gasteiger partial charge is 0.355 e. The Labute approximate surface area is 217 Å². The first-order chi connectivity index (χ1) is 17.9. The van der Waals surface area contributed by atoms with Gasteiger partial charge in [0.25, 0.3) is 10.0 Å². The summed E-state index contributed by atoms with van der Waals surface area (Å²) in [5.41, 5.74) is 1.98. The van der Waals surface area contributed by atoms with Gasteiger partial charge in [0.2, 0.25) is 5.91 Å². The zero-order chi connectivity index (χ0) is 25.8. The highest BCUT2D eigenvalue weighted by Crippen LogP contribution is 2.25. The molecule has 4 aromatic rings. The molecule has 37 heavy (non-hydrogen) atoms. The summed E-state index contributed by atoms with van der Waals surface area (Å²) in [5, 5.41) is 13.4. The maximum absolute atomic E-state index is 13.1. The van der Waals surface area contributed by atoms with Crippen LogP contribution >= 0.6 is 11.3 Å². The quantitative estimate of drug-likeness (QED) is 0.358. The first kappa shape index (κ1) is 24.8. The van der Waals surface area contributed by atoms with Crippen molar-refractivity contribution >= 4 is 43.9 Å².